The first-order valence-electron chi connectivity index (χ1n) is 5.74. The monoisotopic (exact) mass is 244 g/mol. The van der Waals surface area contributed by atoms with E-state index in [4.69, 9.17) is 0 Å². The lowest BCUT2D eigenvalue weighted by molar-refractivity contribution is 0.438. The molecule has 94 valence electrons. The number of phenolic OH excluding ortho intramolecular Hbond substituents is 3. The molecule has 3 N–H and O–H groups in total. The Morgan fingerprint density at radius 2 is 1.33 bits per heavy atom. The highest BCUT2D eigenvalue weighted by molar-refractivity contribution is 5.78. The molecule has 0 saturated heterocycles. The maximum atomic E-state index is 10.0. The molecule has 0 saturated carbocycles. The zero-order chi connectivity index (χ0) is 13.4. The SMILES string of the molecule is Cc1c(O)c(C)c(-c2cccc(O)c2)c(C)c1O. The summed E-state index contributed by atoms with van der Waals surface area (Å²) in [6, 6.07) is 6.77. The maximum absolute atomic E-state index is 10.0. The van der Waals surface area contributed by atoms with Gasteiger partial charge in [-0.05, 0) is 55.2 Å². The van der Waals surface area contributed by atoms with Crippen molar-refractivity contribution >= 4 is 0 Å². The van der Waals surface area contributed by atoms with Crippen molar-refractivity contribution in [2.24, 2.45) is 0 Å². The van der Waals surface area contributed by atoms with Gasteiger partial charge in [0.2, 0.25) is 0 Å². The summed E-state index contributed by atoms with van der Waals surface area (Å²) in [4.78, 5) is 0. The van der Waals surface area contributed by atoms with Gasteiger partial charge < -0.3 is 15.3 Å². The summed E-state index contributed by atoms with van der Waals surface area (Å²) in [5, 5.41) is 29.5. The smallest absolute Gasteiger partial charge is 0.125 e. The third-order valence-electron chi connectivity index (χ3n) is 3.31. The third-order valence-corrected chi connectivity index (χ3v) is 3.31. The predicted molar refractivity (Wildman–Crippen MR) is 71.1 cm³/mol. The molecule has 0 atom stereocenters. The Morgan fingerprint density at radius 1 is 0.778 bits per heavy atom. The number of hydrogen-bond acceptors (Lipinski definition) is 3. The highest BCUT2D eigenvalue weighted by atomic mass is 16.3. The van der Waals surface area contributed by atoms with Crippen LogP contribution in [0.2, 0.25) is 0 Å². The molecule has 3 nitrogen and oxygen atoms in total. The van der Waals surface area contributed by atoms with Gasteiger partial charge in [-0.25, -0.2) is 0 Å². The van der Waals surface area contributed by atoms with Crippen molar-refractivity contribution in [3.63, 3.8) is 0 Å². The van der Waals surface area contributed by atoms with E-state index in [0.29, 0.717) is 16.7 Å². The molecule has 0 bridgehead atoms. The number of phenols is 3. The highest BCUT2D eigenvalue weighted by Gasteiger charge is 2.17. The average Bonchev–Trinajstić information content (AvgIpc) is 2.34. The van der Waals surface area contributed by atoms with E-state index in [-0.39, 0.29) is 17.2 Å². The zero-order valence-electron chi connectivity index (χ0n) is 10.7. The molecule has 0 aromatic heterocycles. The summed E-state index contributed by atoms with van der Waals surface area (Å²) in [6.45, 7) is 5.28. The summed E-state index contributed by atoms with van der Waals surface area (Å²) in [6.07, 6.45) is 0. The van der Waals surface area contributed by atoms with E-state index in [9.17, 15) is 15.3 Å². The number of rotatable bonds is 1. The van der Waals surface area contributed by atoms with Gasteiger partial charge in [0.1, 0.15) is 17.2 Å². The van der Waals surface area contributed by atoms with Crippen molar-refractivity contribution in [2.45, 2.75) is 20.8 Å². The first kappa shape index (κ1) is 12.3. The quantitative estimate of drug-likeness (QED) is 0.720. The average molecular weight is 244 g/mol. The van der Waals surface area contributed by atoms with E-state index in [2.05, 4.69) is 0 Å². The van der Waals surface area contributed by atoms with Crippen LogP contribution in [0.15, 0.2) is 24.3 Å². The molecule has 0 aliphatic rings. The molecule has 2 aromatic rings. The van der Waals surface area contributed by atoms with Crippen LogP contribution in [0, 0.1) is 20.8 Å². The van der Waals surface area contributed by atoms with E-state index >= 15 is 0 Å². The predicted octanol–water partition coefficient (Wildman–Crippen LogP) is 3.40. The van der Waals surface area contributed by atoms with E-state index in [1.807, 2.05) is 6.07 Å². The summed E-state index contributed by atoms with van der Waals surface area (Å²) < 4.78 is 0. The Bertz CT molecular complexity index is 586. The first-order valence-corrected chi connectivity index (χ1v) is 5.74. The van der Waals surface area contributed by atoms with Crippen LogP contribution in [0.25, 0.3) is 11.1 Å². The molecule has 0 heterocycles. The van der Waals surface area contributed by atoms with Crippen LogP contribution < -0.4 is 0 Å². The molecule has 0 aliphatic heterocycles. The molecule has 2 rings (SSSR count). The van der Waals surface area contributed by atoms with Crippen LogP contribution in [-0.2, 0) is 0 Å². The molecule has 2 aromatic carbocycles. The van der Waals surface area contributed by atoms with Crippen LogP contribution in [0.5, 0.6) is 17.2 Å². The first-order chi connectivity index (χ1) is 8.43. The van der Waals surface area contributed by atoms with Crippen molar-refractivity contribution < 1.29 is 15.3 Å². The highest BCUT2D eigenvalue weighted by Crippen LogP contribution is 2.41. The Balaban J connectivity index is 2.80. The lowest BCUT2D eigenvalue weighted by atomic mass is 9.92. The maximum Gasteiger partial charge on any atom is 0.125 e. The molecule has 0 amide bonds. The summed E-state index contributed by atoms with van der Waals surface area (Å²) in [5.41, 5.74) is 3.41. The molecule has 0 unspecified atom stereocenters. The summed E-state index contributed by atoms with van der Waals surface area (Å²) >= 11 is 0. The van der Waals surface area contributed by atoms with Gasteiger partial charge in [0.05, 0.1) is 0 Å². The van der Waals surface area contributed by atoms with Gasteiger partial charge >= 0.3 is 0 Å². The van der Waals surface area contributed by atoms with Gasteiger partial charge in [0.25, 0.3) is 0 Å². The molecular formula is C15H16O3. The minimum absolute atomic E-state index is 0.0939. The molecule has 0 fully saturated rings. The zero-order valence-corrected chi connectivity index (χ0v) is 10.7. The fourth-order valence-corrected chi connectivity index (χ4v) is 2.29. The number of benzene rings is 2. The lowest BCUT2D eigenvalue weighted by Gasteiger charge is -2.16. The summed E-state index contributed by atoms with van der Waals surface area (Å²) in [5.74, 6) is 0.346. The van der Waals surface area contributed by atoms with Crippen molar-refractivity contribution in [1.29, 1.82) is 0 Å². The molecule has 0 radical (unpaired) electrons. The van der Waals surface area contributed by atoms with Gasteiger partial charge in [-0.3, -0.25) is 0 Å². The molecule has 0 spiro atoms. The Hall–Kier alpha value is -2.16. The topological polar surface area (TPSA) is 60.7 Å². The fourth-order valence-electron chi connectivity index (χ4n) is 2.29. The Labute approximate surface area is 106 Å². The second kappa shape index (κ2) is 4.26. The number of hydrogen-bond donors (Lipinski definition) is 3. The number of aromatic hydroxyl groups is 3. The normalized spacial score (nSPS) is 10.6. The van der Waals surface area contributed by atoms with Crippen LogP contribution in [-0.4, -0.2) is 15.3 Å². The van der Waals surface area contributed by atoms with Crippen molar-refractivity contribution in [3.8, 4) is 28.4 Å². The standard InChI is InChI=1S/C15H16O3/c1-8-13(11-5-4-6-12(16)7-11)9(2)15(18)10(3)14(8)17/h4-7,16-18H,1-3H3. The van der Waals surface area contributed by atoms with Crippen molar-refractivity contribution in [2.75, 3.05) is 0 Å². The fraction of sp³-hybridized carbons (Fsp3) is 0.200. The molecule has 18 heavy (non-hydrogen) atoms. The van der Waals surface area contributed by atoms with E-state index in [0.717, 1.165) is 11.1 Å². The van der Waals surface area contributed by atoms with Gasteiger partial charge in [-0.2, -0.15) is 0 Å². The van der Waals surface area contributed by atoms with E-state index in [1.165, 1.54) is 0 Å². The molecule has 0 aliphatic carbocycles. The van der Waals surface area contributed by atoms with E-state index in [1.54, 1.807) is 39.0 Å². The van der Waals surface area contributed by atoms with Crippen LogP contribution in [0.4, 0.5) is 0 Å². The van der Waals surface area contributed by atoms with Gasteiger partial charge in [-0.1, -0.05) is 12.1 Å². The van der Waals surface area contributed by atoms with Gasteiger partial charge in [0, 0.05) is 5.56 Å². The van der Waals surface area contributed by atoms with Crippen molar-refractivity contribution in [3.05, 3.63) is 41.0 Å². The van der Waals surface area contributed by atoms with Crippen LogP contribution in [0.1, 0.15) is 16.7 Å². The van der Waals surface area contributed by atoms with Crippen molar-refractivity contribution in [1.82, 2.24) is 0 Å². The Morgan fingerprint density at radius 3 is 1.83 bits per heavy atom. The molecule has 3 heteroatoms. The van der Waals surface area contributed by atoms with Gasteiger partial charge in [-0.15, -0.1) is 0 Å². The van der Waals surface area contributed by atoms with Crippen LogP contribution >= 0.6 is 0 Å². The largest absolute Gasteiger partial charge is 0.508 e. The lowest BCUT2D eigenvalue weighted by Crippen LogP contribution is -1.93. The second-order valence-electron chi connectivity index (χ2n) is 4.50. The van der Waals surface area contributed by atoms with Gasteiger partial charge in [0.15, 0.2) is 0 Å². The molecular weight excluding hydrogens is 228 g/mol. The minimum atomic E-state index is 0.0939. The van der Waals surface area contributed by atoms with Crippen LogP contribution in [0.3, 0.4) is 0 Å². The third kappa shape index (κ3) is 1.78. The summed E-state index contributed by atoms with van der Waals surface area (Å²) in [7, 11) is 0. The second-order valence-corrected chi connectivity index (χ2v) is 4.50. The van der Waals surface area contributed by atoms with E-state index < -0.39 is 0 Å². The Kier molecular flexibility index (Phi) is 2.91. The minimum Gasteiger partial charge on any atom is -0.508 e.